The normalized spacial score (nSPS) is 15.6. The quantitative estimate of drug-likeness (QED) is 0.271. The Kier molecular flexibility index (Phi) is 7.52. The molecule has 1 aromatic heterocycles. The summed E-state index contributed by atoms with van der Waals surface area (Å²) in [5.74, 6) is -0.229. The molecule has 4 aromatic rings. The van der Waals surface area contributed by atoms with Gasteiger partial charge in [0.2, 0.25) is 0 Å². The number of hydrogen-bond donors (Lipinski definition) is 0. The fourth-order valence-electron chi connectivity index (χ4n) is 4.66. The molecule has 1 saturated heterocycles. The Balaban J connectivity index is 1.46. The van der Waals surface area contributed by atoms with Crippen LogP contribution in [0.3, 0.4) is 0 Å². The van der Waals surface area contributed by atoms with Gasteiger partial charge in [0.25, 0.3) is 15.9 Å². The minimum atomic E-state index is -3.79. The number of aromatic nitrogens is 1. The predicted molar refractivity (Wildman–Crippen MR) is 153 cm³/mol. The lowest BCUT2D eigenvalue weighted by Gasteiger charge is -2.24. The maximum Gasteiger partial charge on any atom is 0.264 e. The van der Waals surface area contributed by atoms with Crippen molar-refractivity contribution in [2.45, 2.75) is 44.6 Å². The molecule has 38 heavy (non-hydrogen) atoms. The number of fused-ring (bicyclic) bond motifs is 1. The van der Waals surface area contributed by atoms with Gasteiger partial charge in [-0.1, -0.05) is 29.5 Å². The molecule has 0 radical (unpaired) electrons. The Morgan fingerprint density at radius 1 is 1.05 bits per heavy atom. The zero-order valence-electron chi connectivity index (χ0n) is 21.8. The molecular formula is C29H31N3O4S2. The fraction of sp³-hybridized carbons (Fsp3) is 0.310. The van der Waals surface area contributed by atoms with Crippen LogP contribution in [-0.2, 0) is 14.8 Å². The summed E-state index contributed by atoms with van der Waals surface area (Å²) >= 11 is 1.48. The van der Waals surface area contributed by atoms with Gasteiger partial charge in [0.15, 0.2) is 5.13 Å². The first-order chi connectivity index (χ1) is 18.3. The first-order valence-electron chi connectivity index (χ1n) is 12.8. The van der Waals surface area contributed by atoms with E-state index in [2.05, 4.69) is 19.9 Å². The van der Waals surface area contributed by atoms with E-state index in [1.807, 2.05) is 24.3 Å². The maximum absolute atomic E-state index is 13.8. The molecule has 1 aliphatic heterocycles. The zero-order chi connectivity index (χ0) is 26.9. The van der Waals surface area contributed by atoms with Crippen LogP contribution in [0.5, 0.6) is 0 Å². The van der Waals surface area contributed by atoms with Crippen molar-refractivity contribution in [2.75, 3.05) is 28.9 Å². The molecule has 198 valence electrons. The number of sulfonamides is 1. The van der Waals surface area contributed by atoms with Crippen molar-refractivity contribution >= 4 is 48.3 Å². The van der Waals surface area contributed by atoms with Crippen molar-refractivity contribution in [3.05, 3.63) is 83.4 Å². The average molecular weight is 550 g/mol. The fourth-order valence-corrected chi connectivity index (χ4v) is 7.19. The summed E-state index contributed by atoms with van der Waals surface area (Å²) in [6.07, 6.45) is 1.79. The standard InChI is InChI=1S/C29H31N3O4S2/c1-4-32(23-9-6-5-7-10-23)38(34,35)25-14-12-22(13-15-25)28(33)31(19-24-11-8-16-36-24)29-30-26-17-20(2)21(3)18-27(26)37-29/h5-7,9-10,12-15,17-18,24H,4,8,11,16,19H2,1-3H3. The number of benzene rings is 3. The molecule has 0 spiro atoms. The van der Waals surface area contributed by atoms with Gasteiger partial charge in [-0.15, -0.1) is 0 Å². The summed E-state index contributed by atoms with van der Waals surface area (Å²) in [7, 11) is -3.79. The monoisotopic (exact) mass is 549 g/mol. The van der Waals surface area contributed by atoms with Crippen molar-refractivity contribution in [2.24, 2.45) is 0 Å². The van der Waals surface area contributed by atoms with Crippen molar-refractivity contribution in [1.29, 1.82) is 0 Å². The van der Waals surface area contributed by atoms with Crippen LogP contribution < -0.4 is 9.21 Å². The van der Waals surface area contributed by atoms with Crippen LogP contribution in [0.4, 0.5) is 10.8 Å². The second-order valence-electron chi connectivity index (χ2n) is 9.48. The summed E-state index contributed by atoms with van der Waals surface area (Å²) in [6, 6.07) is 19.3. The van der Waals surface area contributed by atoms with E-state index in [1.165, 1.54) is 33.3 Å². The van der Waals surface area contributed by atoms with Gasteiger partial charge in [0.1, 0.15) is 0 Å². The van der Waals surface area contributed by atoms with E-state index < -0.39 is 10.0 Å². The lowest BCUT2D eigenvalue weighted by Crippen LogP contribution is -2.37. The average Bonchev–Trinajstić information content (AvgIpc) is 3.58. The van der Waals surface area contributed by atoms with Gasteiger partial charge in [-0.25, -0.2) is 13.4 Å². The van der Waals surface area contributed by atoms with Gasteiger partial charge >= 0.3 is 0 Å². The van der Waals surface area contributed by atoms with Crippen LogP contribution in [0.2, 0.25) is 0 Å². The number of para-hydroxylation sites is 1. The molecule has 1 unspecified atom stereocenters. The predicted octanol–water partition coefficient (Wildman–Crippen LogP) is 5.95. The number of anilines is 2. The molecule has 1 fully saturated rings. The van der Waals surface area contributed by atoms with Crippen molar-refractivity contribution < 1.29 is 17.9 Å². The molecule has 1 atom stereocenters. The Hall–Kier alpha value is -3.27. The molecular weight excluding hydrogens is 518 g/mol. The molecule has 2 heterocycles. The zero-order valence-corrected chi connectivity index (χ0v) is 23.4. The van der Waals surface area contributed by atoms with E-state index in [-0.39, 0.29) is 16.9 Å². The van der Waals surface area contributed by atoms with Gasteiger partial charge in [0, 0.05) is 18.7 Å². The van der Waals surface area contributed by atoms with Crippen molar-refractivity contribution in [1.82, 2.24) is 4.98 Å². The first kappa shape index (κ1) is 26.3. The lowest BCUT2D eigenvalue weighted by molar-refractivity contribution is 0.0917. The molecule has 1 amide bonds. The highest BCUT2D eigenvalue weighted by molar-refractivity contribution is 7.92. The number of carbonyl (C=O) groups is 1. The number of amides is 1. The molecule has 0 saturated carbocycles. The van der Waals surface area contributed by atoms with Gasteiger partial charge in [-0.3, -0.25) is 14.0 Å². The van der Waals surface area contributed by atoms with Crippen LogP contribution in [0.15, 0.2) is 71.6 Å². The number of thiazole rings is 1. The van der Waals surface area contributed by atoms with Crippen LogP contribution in [0.25, 0.3) is 10.2 Å². The van der Waals surface area contributed by atoms with E-state index in [0.29, 0.717) is 36.1 Å². The largest absolute Gasteiger partial charge is 0.376 e. The molecule has 9 heteroatoms. The Morgan fingerprint density at radius 2 is 1.76 bits per heavy atom. The van der Waals surface area contributed by atoms with Crippen molar-refractivity contribution in [3.63, 3.8) is 0 Å². The van der Waals surface area contributed by atoms with Crippen LogP contribution in [-0.4, -0.2) is 45.1 Å². The Bertz CT molecular complexity index is 1510. The summed E-state index contributed by atoms with van der Waals surface area (Å²) < 4.78 is 35.0. The third-order valence-electron chi connectivity index (χ3n) is 6.90. The molecule has 5 rings (SSSR count). The van der Waals surface area contributed by atoms with Gasteiger partial charge in [0.05, 0.1) is 33.4 Å². The number of hydrogen-bond acceptors (Lipinski definition) is 6. The molecule has 1 aliphatic rings. The van der Waals surface area contributed by atoms with Crippen LogP contribution in [0, 0.1) is 13.8 Å². The van der Waals surface area contributed by atoms with Gasteiger partial charge in [-0.05, 0) is 93.3 Å². The van der Waals surface area contributed by atoms with E-state index in [9.17, 15) is 13.2 Å². The first-order valence-corrected chi connectivity index (χ1v) is 15.0. The summed E-state index contributed by atoms with van der Waals surface area (Å²) in [5.41, 5.74) is 4.19. The van der Waals surface area contributed by atoms with E-state index in [1.54, 1.807) is 36.1 Å². The summed E-state index contributed by atoms with van der Waals surface area (Å²) in [5, 5.41) is 0.614. The van der Waals surface area contributed by atoms with Gasteiger partial charge < -0.3 is 4.74 Å². The molecule has 0 bridgehead atoms. The Labute approximate surface area is 227 Å². The van der Waals surface area contributed by atoms with E-state index in [0.717, 1.165) is 28.6 Å². The van der Waals surface area contributed by atoms with Crippen LogP contribution >= 0.6 is 11.3 Å². The number of ether oxygens (including phenoxy) is 1. The minimum Gasteiger partial charge on any atom is -0.376 e. The second-order valence-corrected chi connectivity index (χ2v) is 12.4. The molecule has 0 aliphatic carbocycles. The third-order valence-corrected chi connectivity index (χ3v) is 9.86. The number of nitrogens with zero attached hydrogens (tertiary/aromatic N) is 3. The smallest absolute Gasteiger partial charge is 0.264 e. The number of carbonyl (C=O) groups excluding carboxylic acids is 1. The highest BCUT2D eigenvalue weighted by Crippen LogP contribution is 2.33. The number of rotatable bonds is 8. The van der Waals surface area contributed by atoms with Crippen LogP contribution in [0.1, 0.15) is 41.3 Å². The molecule has 0 N–H and O–H groups in total. The van der Waals surface area contributed by atoms with E-state index >= 15 is 0 Å². The number of aryl methyl sites for hydroxylation is 2. The molecule has 3 aromatic carbocycles. The summed E-state index contributed by atoms with van der Waals surface area (Å²) in [4.78, 5) is 20.4. The third kappa shape index (κ3) is 5.18. The van der Waals surface area contributed by atoms with E-state index in [4.69, 9.17) is 9.72 Å². The van der Waals surface area contributed by atoms with Gasteiger partial charge in [-0.2, -0.15) is 0 Å². The lowest BCUT2D eigenvalue weighted by atomic mass is 10.1. The minimum absolute atomic E-state index is 0.0573. The summed E-state index contributed by atoms with van der Waals surface area (Å²) in [6.45, 7) is 7.29. The van der Waals surface area contributed by atoms with Crippen molar-refractivity contribution in [3.8, 4) is 0 Å². The highest BCUT2D eigenvalue weighted by Gasteiger charge is 2.28. The Morgan fingerprint density at radius 3 is 2.42 bits per heavy atom. The molecule has 7 nitrogen and oxygen atoms in total. The SMILES string of the molecule is CCN(c1ccccc1)S(=O)(=O)c1ccc(C(=O)N(CC2CCCO2)c2nc3cc(C)c(C)cc3s2)cc1. The maximum atomic E-state index is 13.8. The topological polar surface area (TPSA) is 79.8 Å². The highest BCUT2D eigenvalue weighted by atomic mass is 32.2. The second kappa shape index (κ2) is 10.8.